The second kappa shape index (κ2) is 8.10. The lowest BCUT2D eigenvalue weighted by Gasteiger charge is -2.17. The number of nitrogens with zero attached hydrogens (tertiary/aromatic N) is 3. The second-order valence-electron chi connectivity index (χ2n) is 7.45. The Morgan fingerprint density at radius 2 is 1.80 bits per heavy atom. The lowest BCUT2D eigenvalue weighted by molar-refractivity contribution is 0.0777. The normalized spacial score (nSPS) is 12.5. The van der Waals surface area contributed by atoms with E-state index in [1.165, 1.54) is 12.1 Å². The van der Waals surface area contributed by atoms with Crippen molar-refractivity contribution in [2.75, 3.05) is 14.1 Å². The number of amides is 2. The molecule has 0 aliphatic heterocycles. The topological polar surface area (TPSA) is 67.2 Å². The molecule has 4 rings (SSSR count). The van der Waals surface area contributed by atoms with Crippen molar-refractivity contribution in [2.45, 2.75) is 25.8 Å². The molecule has 2 aromatic carbocycles. The standard InChI is InChI=1S/C23H23FN4O2/c1-25-22(29)16-8-6-15(7-9-16)14-27(2)23(30)21-19-4-3-5-20(19)28(26-21)18-12-10-17(24)11-13-18/h6-13H,3-5,14H2,1-2H3,(H,25,29). The van der Waals surface area contributed by atoms with Crippen molar-refractivity contribution < 1.29 is 14.0 Å². The van der Waals surface area contributed by atoms with E-state index in [2.05, 4.69) is 10.4 Å². The molecule has 0 unspecified atom stereocenters. The molecule has 3 aromatic rings. The molecule has 1 aliphatic rings. The van der Waals surface area contributed by atoms with Crippen LogP contribution in [0.25, 0.3) is 5.69 Å². The fourth-order valence-corrected chi connectivity index (χ4v) is 3.84. The number of nitrogens with one attached hydrogen (secondary N) is 1. The van der Waals surface area contributed by atoms with Gasteiger partial charge in [-0.2, -0.15) is 5.10 Å². The van der Waals surface area contributed by atoms with Gasteiger partial charge in [-0.05, 0) is 61.2 Å². The quantitative estimate of drug-likeness (QED) is 0.708. The molecule has 154 valence electrons. The molecule has 7 heteroatoms. The first-order valence-corrected chi connectivity index (χ1v) is 9.91. The minimum atomic E-state index is -0.305. The molecule has 0 spiro atoms. The van der Waals surface area contributed by atoms with Crippen LogP contribution in [0.15, 0.2) is 48.5 Å². The van der Waals surface area contributed by atoms with Crippen LogP contribution in [0.1, 0.15) is 44.1 Å². The Balaban J connectivity index is 1.56. The van der Waals surface area contributed by atoms with Crippen LogP contribution in [0.5, 0.6) is 0 Å². The number of hydrogen-bond acceptors (Lipinski definition) is 3. The van der Waals surface area contributed by atoms with Crippen LogP contribution in [0, 0.1) is 5.82 Å². The van der Waals surface area contributed by atoms with Crippen molar-refractivity contribution in [3.63, 3.8) is 0 Å². The summed E-state index contributed by atoms with van der Waals surface area (Å²) in [6.45, 7) is 0.408. The van der Waals surface area contributed by atoms with Crippen molar-refractivity contribution in [2.24, 2.45) is 0 Å². The Kier molecular flexibility index (Phi) is 5.35. The predicted molar refractivity (Wildman–Crippen MR) is 111 cm³/mol. The smallest absolute Gasteiger partial charge is 0.274 e. The van der Waals surface area contributed by atoms with Gasteiger partial charge in [0.1, 0.15) is 5.82 Å². The van der Waals surface area contributed by atoms with Gasteiger partial charge in [0, 0.05) is 37.5 Å². The fraction of sp³-hybridized carbons (Fsp3) is 0.261. The van der Waals surface area contributed by atoms with E-state index in [4.69, 9.17) is 0 Å². The Labute approximate surface area is 174 Å². The third-order valence-corrected chi connectivity index (χ3v) is 5.41. The maximum atomic E-state index is 13.3. The highest BCUT2D eigenvalue weighted by Crippen LogP contribution is 2.28. The first kappa shape index (κ1) is 19.8. The Morgan fingerprint density at radius 3 is 2.47 bits per heavy atom. The minimum Gasteiger partial charge on any atom is -0.355 e. The molecule has 0 saturated heterocycles. The summed E-state index contributed by atoms with van der Waals surface area (Å²) in [7, 11) is 3.33. The number of carbonyl (C=O) groups excluding carboxylic acids is 2. The predicted octanol–water partition coefficient (Wildman–Crippen LogP) is 3.13. The van der Waals surface area contributed by atoms with Crippen LogP contribution >= 0.6 is 0 Å². The number of aromatic nitrogens is 2. The van der Waals surface area contributed by atoms with Crippen molar-refractivity contribution in [1.82, 2.24) is 20.0 Å². The summed E-state index contributed by atoms with van der Waals surface area (Å²) < 4.78 is 15.1. The molecule has 1 aromatic heterocycles. The van der Waals surface area contributed by atoms with Crippen LogP contribution in [0.3, 0.4) is 0 Å². The maximum absolute atomic E-state index is 13.3. The number of halogens is 1. The van der Waals surface area contributed by atoms with Gasteiger partial charge < -0.3 is 10.2 Å². The largest absolute Gasteiger partial charge is 0.355 e. The van der Waals surface area contributed by atoms with Crippen molar-refractivity contribution in [3.8, 4) is 5.69 Å². The van der Waals surface area contributed by atoms with Crippen LogP contribution in [0.4, 0.5) is 4.39 Å². The number of carbonyl (C=O) groups is 2. The second-order valence-corrected chi connectivity index (χ2v) is 7.45. The zero-order chi connectivity index (χ0) is 21.3. The number of fused-ring (bicyclic) bond motifs is 1. The summed E-state index contributed by atoms with van der Waals surface area (Å²) in [5.74, 6) is -0.599. The monoisotopic (exact) mass is 406 g/mol. The van der Waals surface area contributed by atoms with Crippen LogP contribution in [-0.2, 0) is 19.4 Å². The van der Waals surface area contributed by atoms with Crippen molar-refractivity contribution in [1.29, 1.82) is 0 Å². The van der Waals surface area contributed by atoms with Crippen LogP contribution < -0.4 is 5.32 Å². The van der Waals surface area contributed by atoms with Gasteiger partial charge in [0.15, 0.2) is 5.69 Å². The summed E-state index contributed by atoms with van der Waals surface area (Å²) in [4.78, 5) is 26.5. The van der Waals surface area contributed by atoms with E-state index >= 15 is 0 Å². The maximum Gasteiger partial charge on any atom is 0.274 e. The zero-order valence-electron chi connectivity index (χ0n) is 17.0. The van der Waals surface area contributed by atoms with Gasteiger partial charge in [-0.3, -0.25) is 9.59 Å². The third-order valence-electron chi connectivity index (χ3n) is 5.41. The summed E-state index contributed by atoms with van der Waals surface area (Å²) in [5.41, 5.74) is 4.70. The molecule has 6 nitrogen and oxygen atoms in total. The van der Waals surface area contributed by atoms with Gasteiger partial charge >= 0.3 is 0 Å². The zero-order valence-corrected chi connectivity index (χ0v) is 17.0. The highest BCUT2D eigenvalue weighted by Gasteiger charge is 2.28. The SMILES string of the molecule is CNC(=O)c1ccc(CN(C)C(=O)c2nn(-c3ccc(F)cc3)c3c2CCC3)cc1. The molecule has 0 radical (unpaired) electrons. The molecule has 0 saturated carbocycles. The van der Waals surface area contributed by atoms with Crippen molar-refractivity contribution >= 4 is 11.8 Å². The molecule has 2 amide bonds. The Morgan fingerprint density at radius 1 is 1.10 bits per heavy atom. The number of hydrogen-bond donors (Lipinski definition) is 1. The average Bonchev–Trinajstić information content (AvgIpc) is 3.37. The van der Waals surface area contributed by atoms with Crippen LogP contribution in [-0.4, -0.2) is 40.6 Å². The molecule has 0 atom stereocenters. The van der Waals surface area contributed by atoms with Gasteiger partial charge in [-0.15, -0.1) is 0 Å². The highest BCUT2D eigenvalue weighted by molar-refractivity contribution is 5.95. The average molecular weight is 406 g/mol. The molecular weight excluding hydrogens is 383 g/mol. The summed E-state index contributed by atoms with van der Waals surface area (Å²) in [6.07, 6.45) is 2.63. The lowest BCUT2D eigenvalue weighted by Crippen LogP contribution is -2.27. The first-order chi connectivity index (χ1) is 14.5. The summed E-state index contributed by atoms with van der Waals surface area (Å²) in [5, 5.41) is 7.18. The van der Waals surface area contributed by atoms with Crippen molar-refractivity contribution in [3.05, 3.63) is 82.4 Å². The van der Waals surface area contributed by atoms with Gasteiger partial charge in [0.25, 0.3) is 11.8 Å². The summed E-state index contributed by atoms with van der Waals surface area (Å²) >= 11 is 0. The van der Waals surface area contributed by atoms with E-state index in [1.807, 2.05) is 12.1 Å². The molecule has 30 heavy (non-hydrogen) atoms. The van der Waals surface area contributed by atoms with Gasteiger partial charge in [-0.1, -0.05) is 12.1 Å². The molecule has 1 N–H and O–H groups in total. The van der Waals surface area contributed by atoms with E-state index in [-0.39, 0.29) is 17.6 Å². The highest BCUT2D eigenvalue weighted by atomic mass is 19.1. The molecule has 0 bridgehead atoms. The third kappa shape index (κ3) is 3.70. The van der Waals surface area contributed by atoms with Gasteiger partial charge in [0.05, 0.1) is 5.69 Å². The molecule has 0 fully saturated rings. The minimum absolute atomic E-state index is 0.145. The van der Waals surface area contributed by atoms with Gasteiger partial charge in [0.2, 0.25) is 0 Å². The van der Waals surface area contributed by atoms with E-state index in [9.17, 15) is 14.0 Å². The first-order valence-electron chi connectivity index (χ1n) is 9.91. The van der Waals surface area contributed by atoms with E-state index < -0.39 is 0 Å². The summed E-state index contributed by atoms with van der Waals surface area (Å²) in [6, 6.07) is 13.3. The molecule has 1 heterocycles. The number of benzene rings is 2. The van der Waals surface area contributed by atoms with E-state index in [0.717, 1.165) is 41.8 Å². The molecular formula is C23H23FN4O2. The fourth-order valence-electron chi connectivity index (χ4n) is 3.84. The van der Waals surface area contributed by atoms with E-state index in [1.54, 1.807) is 47.9 Å². The lowest BCUT2D eigenvalue weighted by atomic mass is 10.1. The van der Waals surface area contributed by atoms with Crippen LogP contribution in [0.2, 0.25) is 0 Å². The van der Waals surface area contributed by atoms with E-state index in [0.29, 0.717) is 17.8 Å². The number of rotatable bonds is 5. The Bertz CT molecular complexity index is 1090. The Hall–Kier alpha value is -3.48. The molecule has 1 aliphatic carbocycles. The van der Waals surface area contributed by atoms with Gasteiger partial charge in [-0.25, -0.2) is 9.07 Å².